The third kappa shape index (κ3) is 2.22. The molecule has 2 N–H and O–H groups in total. The minimum absolute atomic E-state index is 0.329. The van der Waals surface area contributed by atoms with Crippen molar-refractivity contribution in [3.8, 4) is 0 Å². The average Bonchev–Trinajstić information content (AvgIpc) is 2.90. The molecule has 0 amide bonds. The van der Waals surface area contributed by atoms with Gasteiger partial charge in [-0.2, -0.15) is 0 Å². The molecule has 0 aliphatic heterocycles. The van der Waals surface area contributed by atoms with Gasteiger partial charge < -0.3 is 10.1 Å². The molecule has 0 aliphatic carbocycles. The molecule has 4 heteroatoms. The number of aliphatic hydroxyl groups is 1. The molecule has 0 saturated heterocycles. The first-order valence-electron chi connectivity index (χ1n) is 6.20. The van der Waals surface area contributed by atoms with Crippen molar-refractivity contribution in [2.75, 3.05) is 0 Å². The predicted octanol–water partition coefficient (Wildman–Crippen LogP) is 3.74. The van der Waals surface area contributed by atoms with Gasteiger partial charge in [-0.25, -0.2) is 0 Å². The van der Waals surface area contributed by atoms with Crippen LogP contribution in [0.5, 0.6) is 0 Å². The molecule has 0 saturated carbocycles. The fourth-order valence-electron chi connectivity index (χ4n) is 2.22. The molecule has 1 heterocycles. The van der Waals surface area contributed by atoms with Crippen molar-refractivity contribution in [3.05, 3.63) is 70.9 Å². The Bertz CT molecular complexity index is 762. The number of para-hydroxylation sites is 1. The van der Waals surface area contributed by atoms with Gasteiger partial charge in [0.1, 0.15) is 6.10 Å². The fraction of sp³-hybridized carbons (Fsp3) is 0.0625. The molecule has 3 nitrogen and oxygen atoms in total. The van der Waals surface area contributed by atoms with Gasteiger partial charge >= 0.3 is 0 Å². The van der Waals surface area contributed by atoms with Gasteiger partial charge in [0, 0.05) is 27.7 Å². The second kappa shape index (κ2) is 5.12. The van der Waals surface area contributed by atoms with Crippen LogP contribution in [0.2, 0.25) is 5.02 Å². The Morgan fingerprint density at radius 2 is 1.80 bits per heavy atom. The average molecular weight is 286 g/mol. The lowest BCUT2D eigenvalue weighted by atomic mass is 10.00. The first-order valence-corrected chi connectivity index (χ1v) is 6.58. The largest absolute Gasteiger partial charge is 0.380 e. The zero-order valence-electron chi connectivity index (χ0n) is 10.5. The molecule has 0 radical (unpaired) electrons. The van der Waals surface area contributed by atoms with Crippen molar-refractivity contribution < 1.29 is 9.90 Å². The number of aliphatic hydroxyl groups excluding tert-OH is 1. The summed E-state index contributed by atoms with van der Waals surface area (Å²) in [5.74, 6) is -0.329. The number of hydrogen-bond donors (Lipinski definition) is 2. The minimum atomic E-state index is -1.19. The van der Waals surface area contributed by atoms with E-state index in [1.165, 1.54) is 0 Å². The number of hydrogen-bond acceptors (Lipinski definition) is 2. The Labute approximate surface area is 120 Å². The van der Waals surface area contributed by atoms with Gasteiger partial charge in [0.2, 0.25) is 0 Å². The second-order valence-electron chi connectivity index (χ2n) is 4.57. The topological polar surface area (TPSA) is 53.1 Å². The van der Waals surface area contributed by atoms with Crippen molar-refractivity contribution in [1.82, 2.24) is 4.98 Å². The summed E-state index contributed by atoms with van der Waals surface area (Å²) in [7, 11) is 0. The molecule has 3 rings (SSSR count). The van der Waals surface area contributed by atoms with E-state index in [-0.39, 0.29) is 5.78 Å². The number of H-pyrrole nitrogens is 1. The Kier molecular flexibility index (Phi) is 3.30. The van der Waals surface area contributed by atoms with E-state index in [0.717, 1.165) is 10.9 Å². The maximum Gasteiger partial charge on any atom is 0.197 e. The number of benzene rings is 2. The zero-order chi connectivity index (χ0) is 14.1. The summed E-state index contributed by atoms with van der Waals surface area (Å²) >= 11 is 5.80. The highest BCUT2D eigenvalue weighted by Gasteiger charge is 2.21. The summed E-state index contributed by atoms with van der Waals surface area (Å²) in [5, 5.41) is 11.6. The highest BCUT2D eigenvalue weighted by molar-refractivity contribution is 6.30. The number of nitrogens with one attached hydrogen (secondary N) is 1. The molecule has 3 aromatic rings. The van der Waals surface area contributed by atoms with Crippen LogP contribution in [0.25, 0.3) is 10.9 Å². The molecule has 0 bridgehead atoms. The summed E-state index contributed by atoms with van der Waals surface area (Å²) in [6.07, 6.45) is 0.443. The molecular weight excluding hydrogens is 274 g/mol. The number of carbonyl (C=O) groups excluding carboxylic acids is 1. The fourth-order valence-corrected chi connectivity index (χ4v) is 2.35. The Hall–Kier alpha value is -2.10. The van der Waals surface area contributed by atoms with Gasteiger partial charge in [-0.15, -0.1) is 0 Å². The van der Waals surface area contributed by atoms with Gasteiger partial charge in [0.05, 0.1) is 0 Å². The maximum atomic E-state index is 12.4. The molecule has 0 fully saturated rings. The van der Waals surface area contributed by atoms with E-state index >= 15 is 0 Å². The number of carbonyl (C=O) groups is 1. The van der Waals surface area contributed by atoms with Gasteiger partial charge in [0.15, 0.2) is 5.78 Å². The van der Waals surface area contributed by atoms with E-state index in [1.807, 2.05) is 24.3 Å². The number of halogens is 1. The highest BCUT2D eigenvalue weighted by Crippen LogP contribution is 2.25. The van der Waals surface area contributed by atoms with Crippen LogP contribution in [-0.4, -0.2) is 15.9 Å². The number of rotatable bonds is 3. The zero-order valence-corrected chi connectivity index (χ0v) is 11.3. The summed E-state index contributed by atoms with van der Waals surface area (Å²) in [5.41, 5.74) is 1.90. The van der Waals surface area contributed by atoms with Gasteiger partial charge in [-0.05, 0) is 23.8 Å². The summed E-state index contributed by atoms with van der Waals surface area (Å²) < 4.78 is 0. The van der Waals surface area contributed by atoms with E-state index in [1.54, 1.807) is 30.5 Å². The van der Waals surface area contributed by atoms with Crippen molar-refractivity contribution >= 4 is 28.3 Å². The summed E-state index contributed by atoms with van der Waals surface area (Å²) in [6.45, 7) is 0. The first-order chi connectivity index (χ1) is 9.66. The van der Waals surface area contributed by atoms with Crippen LogP contribution in [0.1, 0.15) is 22.0 Å². The van der Waals surface area contributed by atoms with Crippen molar-refractivity contribution in [1.29, 1.82) is 0 Å². The van der Waals surface area contributed by atoms with Gasteiger partial charge in [-0.3, -0.25) is 4.79 Å². The number of aromatic nitrogens is 1. The highest BCUT2D eigenvalue weighted by atomic mass is 35.5. The summed E-state index contributed by atoms with van der Waals surface area (Å²) in [4.78, 5) is 15.4. The van der Waals surface area contributed by atoms with Crippen LogP contribution in [0.15, 0.2) is 54.7 Å². The second-order valence-corrected chi connectivity index (χ2v) is 5.00. The van der Waals surface area contributed by atoms with Crippen LogP contribution in [0, 0.1) is 0 Å². The van der Waals surface area contributed by atoms with Crippen LogP contribution in [-0.2, 0) is 0 Å². The third-order valence-corrected chi connectivity index (χ3v) is 3.54. The van der Waals surface area contributed by atoms with Crippen LogP contribution < -0.4 is 0 Å². The van der Waals surface area contributed by atoms with E-state index in [9.17, 15) is 9.90 Å². The van der Waals surface area contributed by atoms with E-state index in [4.69, 9.17) is 11.6 Å². The monoisotopic (exact) mass is 285 g/mol. The van der Waals surface area contributed by atoms with E-state index in [0.29, 0.717) is 16.1 Å². The van der Waals surface area contributed by atoms with Crippen molar-refractivity contribution in [3.63, 3.8) is 0 Å². The molecule has 1 unspecified atom stereocenters. The molecule has 1 aromatic heterocycles. The maximum absolute atomic E-state index is 12.4. The number of Topliss-reactive ketones (excluding diaryl/α,β-unsaturated/α-hetero) is 1. The quantitative estimate of drug-likeness (QED) is 0.720. The first kappa shape index (κ1) is 12.9. The lowest BCUT2D eigenvalue weighted by Crippen LogP contribution is -2.11. The SMILES string of the molecule is O=C(c1c[nH]c2ccccc12)C(O)c1ccc(Cl)cc1. The van der Waals surface area contributed by atoms with E-state index in [2.05, 4.69) is 4.98 Å². The van der Waals surface area contributed by atoms with Crippen LogP contribution >= 0.6 is 11.6 Å². The molecule has 0 spiro atoms. The van der Waals surface area contributed by atoms with E-state index < -0.39 is 6.10 Å². The standard InChI is InChI=1S/C16H12ClNO2/c17-11-7-5-10(6-8-11)15(19)16(20)13-9-18-14-4-2-1-3-12(13)14/h1-9,15,18-19H. The third-order valence-electron chi connectivity index (χ3n) is 3.29. The van der Waals surface area contributed by atoms with Crippen LogP contribution in [0.4, 0.5) is 0 Å². The lowest BCUT2D eigenvalue weighted by molar-refractivity contribution is 0.0749. The number of aromatic amines is 1. The molecule has 0 aliphatic rings. The molecule has 100 valence electrons. The Balaban J connectivity index is 1.97. The Morgan fingerprint density at radius 1 is 1.10 bits per heavy atom. The normalized spacial score (nSPS) is 12.5. The summed E-state index contributed by atoms with van der Waals surface area (Å²) in [6, 6.07) is 14.1. The van der Waals surface area contributed by atoms with Gasteiger partial charge in [0.25, 0.3) is 0 Å². The van der Waals surface area contributed by atoms with Gasteiger partial charge in [-0.1, -0.05) is 41.9 Å². The molecule has 20 heavy (non-hydrogen) atoms. The molecule has 2 aromatic carbocycles. The van der Waals surface area contributed by atoms with Crippen LogP contribution in [0.3, 0.4) is 0 Å². The molecular formula is C16H12ClNO2. The lowest BCUT2D eigenvalue weighted by Gasteiger charge is -2.09. The van der Waals surface area contributed by atoms with Crippen molar-refractivity contribution in [2.24, 2.45) is 0 Å². The number of ketones is 1. The molecule has 1 atom stereocenters. The van der Waals surface area contributed by atoms with Crippen molar-refractivity contribution in [2.45, 2.75) is 6.10 Å². The predicted molar refractivity (Wildman–Crippen MR) is 79.0 cm³/mol. The number of fused-ring (bicyclic) bond motifs is 1. The Morgan fingerprint density at radius 3 is 2.55 bits per heavy atom. The smallest absolute Gasteiger partial charge is 0.197 e. The minimum Gasteiger partial charge on any atom is -0.380 e.